The van der Waals surface area contributed by atoms with Crippen LogP contribution in [0.5, 0.6) is 0 Å². The Bertz CT molecular complexity index is 1080. The summed E-state index contributed by atoms with van der Waals surface area (Å²) in [4.78, 5) is 16.0. The number of carbonyl (C=O) groups excluding carboxylic acids is 1. The average Bonchev–Trinajstić information content (AvgIpc) is 2.83. The lowest BCUT2D eigenvalue weighted by molar-refractivity contribution is -0.159. The van der Waals surface area contributed by atoms with Gasteiger partial charge in [-0.15, -0.1) is 0 Å². The molecular formula is C28H23NO. The molecule has 1 amide bonds. The minimum absolute atomic E-state index is 0.0730. The van der Waals surface area contributed by atoms with Crippen molar-refractivity contribution in [1.82, 2.24) is 4.90 Å². The van der Waals surface area contributed by atoms with Crippen molar-refractivity contribution < 1.29 is 4.79 Å². The molecule has 0 saturated carbocycles. The molecule has 30 heavy (non-hydrogen) atoms. The zero-order chi connectivity index (χ0) is 20.4. The van der Waals surface area contributed by atoms with Crippen molar-refractivity contribution in [3.05, 3.63) is 144 Å². The van der Waals surface area contributed by atoms with Crippen molar-refractivity contribution in [2.75, 3.05) is 0 Å². The molecule has 0 radical (unpaired) electrons. The van der Waals surface area contributed by atoms with Crippen LogP contribution in [0.15, 0.2) is 121 Å². The van der Waals surface area contributed by atoms with E-state index in [-0.39, 0.29) is 11.9 Å². The second-order valence-electron chi connectivity index (χ2n) is 7.77. The minimum Gasteiger partial charge on any atom is -0.328 e. The molecule has 1 aliphatic rings. The predicted octanol–water partition coefficient (Wildman–Crippen LogP) is 5.76. The topological polar surface area (TPSA) is 20.3 Å². The molecule has 2 nitrogen and oxygen atoms in total. The van der Waals surface area contributed by atoms with Crippen LogP contribution in [0.2, 0.25) is 0 Å². The van der Waals surface area contributed by atoms with Gasteiger partial charge in [0, 0.05) is 6.54 Å². The summed E-state index contributed by atoms with van der Waals surface area (Å²) >= 11 is 0. The fourth-order valence-corrected chi connectivity index (χ4v) is 4.77. The zero-order valence-electron chi connectivity index (χ0n) is 16.7. The van der Waals surface area contributed by atoms with Crippen LogP contribution in [0.25, 0.3) is 0 Å². The van der Waals surface area contributed by atoms with E-state index in [2.05, 4.69) is 60.7 Å². The van der Waals surface area contributed by atoms with Crippen molar-refractivity contribution in [2.45, 2.75) is 18.0 Å². The lowest BCUT2D eigenvalue weighted by Gasteiger charge is -2.57. The quantitative estimate of drug-likeness (QED) is 0.398. The van der Waals surface area contributed by atoms with Crippen LogP contribution in [-0.2, 0) is 16.8 Å². The summed E-state index contributed by atoms with van der Waals surface area (Å²) in [5, 5.41) is 0. The summed E-state index contributed by atoms with van der Waals surface area (Å²) < 4.78 is 0. The van der Waals surface area contributed by atoms with Crippen molar-refractivity contribution in [1.29, 1.82) is 0 Å². The predicted molar refractivity (Wildman–Crippen MR) is 120 cm³/mol. The molecular weight excluding hydrogens is 366 g/mol. The Labute approximate surface area is 177 Å². The van der Waals surface area contributed by atoms with Gasteiger partial charge in [-0.05, 0) is 22.3 Å². The maximum atomic E-state index is 14.0. The molecule has 5 rings (SSSR count). The Morgan fingerprint density at radius 3 is 1.53 bits per heavy atom. The van der Waals surface area contributed by atoms with Gasteiger partial charge >= 0.3 is 0 Å². The molecule has 4 aromatic carbocycles. The summed E-state index contributed by atoms with van der Waals surface area (Å²) in [5.41, 5.74) is 3.65. The van der Waals surface area contributed by atoms with E-state index in [0.29, 0.717) is 6.54 Å². The monoisotopic (exact) mass is 389 g/mol. The van der Waals surface area contributed by atoms with Crippen LogP contribution in [0.1, 0.15) is 28.3 Å². The average molecular weight is 389 g/mol. The number of benzene rings is 4. The van der Waals surface area contributed by atoms with Gasteiger partial charge in [0.1, 0.15) is 5.41 Å². The van der Waals surface area contributed by atoms with Gasteiger partial charge in [-0.3, -0.25) is 4.79 Å². The lowest BCUT2D eigenvalue weighted by atomic mass is 9.59. The number of likely N-dealkylation sites (tertiary alicyclic amines) is 1. The molecule has 1 aliphatic heterocycles. The second kappa shape index (κ2) is 7.64. The number of amides is 1. The van der Waals surface area contributed by atoms with Gasteiger partial charge in [0.25, 0.3) is 0 Å². The second-order valence-corrected chi connectivity index (χ2v) is 7.77. The number of nitrogens with zero attached hydrogens (tertiary/aromatic N) is 1. The number of hydrogen-bond acceptors (Lipinski definition) is 1. The van der Waals surface area contributed by atoms with Gasteiger partial charge < -0.3 is 4.90 Å². The molecule has 1 fully saturated rings. The first-order chi connectivity index (χ1) is 14.8. The highest BCUT2D eigenvalue weighted by molar-refractivity contribution is 6.00. The molecule has 0 aromatic heterocycles. The van der Waals surface area contributed by atoms with Gasteiger partial charge in [-0.2, -0.15) is 0 Å². The summed E-state index contributed by atoms with van der Waals surface area (Å²) in [6, 6.07) is 41.0. The first-order valence-electron chi connectivity index (χ1n) is 10.3. The Morgan fingerprint density at radius 2 is 1.03 bits per heavy atom. The van der Waals surface area contributed by atoms with Gasteiger partial charge in [0.05, 0.1) is 6.04 Å². The smallest absolute Gasteiger partial charge is 0.241 e. The molecule has 2 heteroatoms. The Morgan fingerprint density at radius 1 is 0.600 bits per heavy atom. The lowest BCUT2D eigenvalue weighted by Crippen LogP contribution is -2.66. The third-order valence-corrected chi connectivity index (χ3v) is 6.09. The van der Waals surface area contributed by atoms with E-state index in [0.717, 1.165) is 22.3 Å². The standard InChI is InChI=1S/C28H23NO/c30-27-28(24-17-9-3-10-18-24,25-19-11-4-12-20-25)26(23-15-7-2-8-16-23)29(27)21-22-13-5-1-6-14-22/h1-20,26H,21H2. The number of β-lactam (4-membered cyclic amide) rings is 1. The molecule has 0 spiro atoms. The van der Waals surface area contributed by atoms with E-state index < -0.39 is 5.41 Å². The number of rotatable bonds is 5. The summed E-state index contributed by atoms with van der Waals surface area (Å²) in [7, 11) is 0. The normalized spacial score (nSPS) is 17.4. The van der Waals surface area contributed by atoms with Crippen LogP contribution in [0.4, 0.5) is 0 Å². The molecule has 0 bridgehead atoms. The SMILES string of the molecule is O=C1N(Cc2ccccc2)C(c2ccccc2)C1(c1ccccc1)c1ccccc1. The van der Waals surface area contributed by atoms with Crippen molar-refractivity contribution in [2.24, 2.45) is 0 Å². The van der Waals surface area contributed by atoms with Crippen molar-refractivity contribution >= 4 is 5.91 Å². The molecule has 1 unspecified atom stereocenters. The third-order valence-electron chi connectivity index (χ3n) is 6.09. The first-order valence-corrected chi connectivity index (χ1v) is 10.3. The van der Waals surface area contributed by atoms with Crippen LogP contribution >= 0.6 is 0 Å². The van der Waals surface area contributed by atoms with Crippen molar-refractivity contribution in [3.8, 4) is 0 Å². The van der Waals surface area contributed by atoms with Crippen LogP contribution in [0.3, 0.4) is 0 Å². The van der Waals surface area contributed by atoms with Crippen LogP contribution in [-0.4, -0.2) is 10.8 Å². The summed E-state index contributed by atoms with van der Waals surface area (Å²) in [5.74, 6) is 0.151. The molecule has 1 saturated heterocycles. The molecule has 0 aliphatic carbocycles. The first kappa shape index (κ1) is 18.4. The zero-order valence-corrected chi connectivity index (χ0v) is 16.7. The highest BCUT2D eigenvalue weighted by Crippen LogP contribution is 2.56. The van der Waals surface area contributed by atoms with E-state index in [9.17, 15) is 4.79 Å². The minimum atomic E-state index is -0.724. The number of hydrogen-bond donors (Lipinski definition) is 0. The van der Waals surface area contributed by atoms with E-state index >= 15 is 0 Å². The fourth-order valence-electron chi connectivity index (χ4n) is 4.77. The maximum Gasteiger partial charge on any atom is 0.241 e. The van der Waals surface area contributed by atoms with Gasteiger partial charge in [0.15, 0.2) is 0 Å². The molecule has 146 valence electrons. The highest BCUT2D eigenvalue weighted by Gasteiger charge is 2.62. The van der Waals surface area contributed by atoms with Crippen LogP contribution in [0, 0.1) is 0 Å². The summed E-state index contributed by atoms with van der Waals surface area (Å²) in [6.07, 6.45) is 0. The maximum absolute atomic E-state index is 14.0. The molecule has 1 heterocycles. The Balaban J connectivity index is 1.70. The highest BCUT2D eigenvalue weighted by atomic mass is 16.2. The molecule has 4 aromatic rings. The Kier molecular flexibility index (Phi) is 4.68. The largest absolute Gasteiger partial charge is 0.328 e. The fraction of sp³-hybridized carbons (Fsp3) is 0.107. The van der Waals surface area contributed by atoms with E-state index in [1.165, 1.54) is 0 Å². The van der Waals surface area contributed by atoms with Crippen molar-refractivity contribution in [3.63, 3.8) is 0 Å². The molecule has 1 atom stereocenters. The molecule has 0 N–H and O–H groups in total. The van der Waals surface area contributed by atoms with Gasteiger partial charge in [0.2, 0.25) is 5.91 Å². The Hall–Kier alpha value is -3.65. The number of carbonyl (C=O) groups is 1. The van der Waals surface area contributed by atoms with Gasteiger partial charge in [-0.25, -0.2) is 0 Å². The van der Waals surface area contributed by atoms with Crippen LogP contribution < -0.4 is 0 Å². The van der Waals surface area contributed by atoms with E-state index in [1.807, 2.05) is 65.6 Å². The van der Waals surface area contributed by atoms with Gasteiger partial charge in [-0.1, -0.05) is 121 Å². The van der Waals surface area contributed by atoms with E-state index in [1.54, 1.807) is 0 Å². The summed E-state index contributed by atoms with van der Waals surface area (Å²) in [6.45, 7) is 0.598. The van der Waals surface area contributed by atoms with E-state index in [4.69, 9.17) is 0 Å². The third kappa shape index (κ3) is 2.84.